The number of hydrogen-bond acceptors (Lipinski definition) is 3. The lowest BCUT2D eigenvalue weighted by Crippen LogP contribution is -2.42. The molecule has 1 aromatic heterocycles. The average molecular weight is 490 g/mol. The van der Waals surface area contributed by atoms with E-state index in [2.05, 4.69) is 78.0 Å². The zero-order chi connectivity index (χ0) is 25.8. The van der Waals surface area contributed by atoms with Crippen molar-refractivity contribution in [3.8, 4) is 11.3 Å². The highest BCUT2D eigenvalue weighted by molar-refractivity contribution is 5.90. The summed E-state index contributed by atoms with van der Waals surface area (Å²) in [6.45, 7) is 7.54. The molecule has 5 heteroatoms. The lowest BCUT2D eigenvalue weighted by atomic mass is 10.0. The van der Waals surface area contributed by atoms with Gasteiger partial charge in [-0.25, -0.2) is 0 Å². The number of Topliss-reactive ketones (excluding diaryl/α,β-unsaturated/α-hetero) is 1. The summed E-state index contributed by atoms with van der Waals surface area (Å²) in [4.78, 5) is 27.3. The van der Waals surface area contributed by atoms with E-state index >= 15 is 0 Å². The number of ketones is 1. The Bertz CT molecular complexity index is 1090. The van der Waals surface area contributed by atoms with Crippen molar-refractivity contribution in [1.82, 2.24) is 15.6 Å². The van der Waals surface area contributed by atoms with Crippen LogP contribution in [-0.2, 0) is 16.0 Å². The van der Waals surface area contributed by atoms with E-state index in [1.807, 2.05) is 6.07 Å². The number of fused-ring (bicyclic) bond motifs is 1. The number of aromatic nitrogens is 1. The molecule has 0 radical (unpaired) electrons. The third-order valence-electron chi connectivity index (χ3n) is 6.71. The van der Waals surface area contributed by atoms with Crippen LogP contribution < -0.4 is 10.6 Å². The SMILES string of the molecule is CC(=O)CCCCCC(CNCCc1c(-c2ccccc2)[nH]c2ccccc12)NC(=O)CCC(C)C. The zero-order valence-electron chi connectivity index (χ0n) is 22.2. The lowest BCUT2D eigenvalue weighted by molar-refractivity contribution is -0.122. The van der Waals surface area contributed by atoms with Crippen LogP contribution in [0.5, 0.6) is 0 Å². The van der Waals surface area contributed by atoms with E-state index in [9.17, 15) is 9.59 Å². The Morgan fingerprint density at radius 1 is 0.889 bits per heavy atom. The van der Waals surface area contributed by atoms with E-state index in [4.69, 9.17) is 0 Å². The number of H-pyrrole nitrogens is 1. The molecule has 0 aliphatic rings. The molecule has 0 aliphatic carbocycles. The van der Waals surface area contributed by atoms with Crippen LogP contribution in [-0.4, -0.2) is 35.8 Å². The highest BCUT2D eigenvalue weighted by Gasteiger charge is 2.15. The van der Waals surface area contributed by atoms with Crippen molar-refractivity contribution in [2.24, 2.45) is 5.92 Å². The number of aromatic amines is 1. The number of carbonyl (C=O) groups excluding carboxylic acids is 2. The highest BCUT2D eigenvalue weighted by atomic mass is 16.1. The second kappa shape index (κ2) is 14.6. The van der Waals surface area contributed by atoms with Gasteiger partial charge in [0, 0.05) is 42.0 Å². The van der Waals surface area contributed by atoms with Crippen molar-refractivity contribution in [3.63, 3.8) is 0 Å². The van der Waals surface area contributed by atoms with Crippen LogP contribution in [0.15, 0.2) is 54.6 Å². The standard InChI is InChI=1S/C31H43N3O2/c1-23(2)18-19-30(36)33-26(15-9-4-6-12-24(3)35)22-32-21-20-28-27-16-10-11-17-29(27)34-31(28)25-13-7-5-8-14-25/h5,7-8,10-11,13-14,16-17,23,26,32,34H,4,6,9,12,15,18-22H2,1-3H3,(H,33,36). The smallest absolute Gasteiger partial charge is 0.220 e. The molecule has 1 amide bonds. The first-order valence-electron chi connectivity index (χ1n) is 13.6. The molecule has 0 spiro atoms. The Labute approximate surface area is 216 Å². The van der Waals surface area contributed by atoms with Gasteiger partial charge in [0.1, 0.15) is 5.78 Å². The van der Waals surface area contributed by atoms with Gasteiger partial charge in [0.25, 0.3) is 0 Å². The molecule has 3 N–H and O–H groups in total. The van der Waals surface area contributed by atoms with Crippen molar-refractivity contribution in [1.29, 1.82) is 0 Å². The molecule has 1 atom stereocenters. The summed E-state index contributed by atoms with van der Waals surface area (Å²) in [6, 6.07) is 19.1. The van der Waals surface area contributed by atoms with Crippen molar-refractivity contribution >= 4 is 22.6 Å². The fraction of sp³-hybridized carbons (Fsp3) is 0.484. The van der Waals surface area contributed by atoms with Gasteiger partial charge in [0.2, 0.25) is 5.91 Å². The third kappa shape index (κ3) is 8.94. The summed E-state index contributed by atoms with van der Waals surface area (Å²) in [5.41, 5.74) is 4.87. The first-order chi connectivity index (χ1) is 17.4. The second-order valence-electron chi connectivity index (χ2n) is 10.3. The van der Waals surface area contributed by atoms with E-state index in [0.29, 0.717) is 18.8 Å². The summed E-state index contributed by atoms with van der Waals surface area (Å²) in [6.07, 6.45) is 6.94. The van der Waals surface area contributed by atoms with Crippen molar-refractivity contribution in [3.05, 3.63) is 60.2 Å². The van der Waals surface area contributed by atoms with Gasteiger partial charge in [-0.05, 0) is 62.3 Å². The van der Waals surface area contributed by atoms with Crippen LogP contribution in [0.3, 0.4) is 0 Å². The third-order valence-corrected chi connectivity index (χ3v) is 6.71. The Morgan fingerprint density at radius 3 is 2.39 bits per heavy atom. The van der Waals surface area contributed by atoms with Gasteiger partial charge in [0.05, 0.1) is 0 Å². The average Bonchev–Trinajstić information content (AvgIpc) is 3.24. The molecule has 0 saturated heterocycles. The molecule has 1 heterocycles. The van der Waals surface area contributed by atoms with Gasteiger partial charge >= 0.3 is 0 Å². The maximum Gasteiger partial charge on any atom is 0.220 e. The van der Waals surface area contributed by atoms with Gasteiger partial charge in [-0.15, -0.1) is 0 Å². The first kappa shape index (κ1) is 27.7. The first-order valence-corrected chi connectivity index (χ1v) is 13.6. The summed E-state index contributed by atoms with van der Waals surface area (Å²) in [5.74, 6) is 0.915. The van der Waals surface area contributed by atoms with E-state index in [0.717, 1.165) is 57.1 Å². The summed E-state index contributed by atoms with van der Waals surface area (Å²) in [7, 11) is 0. The van der Waals surface area contributed by atoms with Crippen molar-refractivity contribution in [2.45, 2.75) is 78.2 Å². The number of nitrogens with one attached hydrogen (secondary N) is 3. The predicted octanol–water partition coefficient (Wildman–Crippen LogP) is 6.43. The van der Waals surface area contributed by atoms with E-state index < -0.39 is 0 Å². The summed E-state index contributed by atoms with van der Waals surface area (Å²) >= 11 is 0. The molecule has 5 nitrogen and oxygen atoms in total. The quantitative estimate of drug-likeness (QED) is 0.203. The zero-order valence-corrected chi connectivity index (χ0v) is 22.2. The number of amides is 1. The van der Waals surface area contributed by atoms with E-state index in [-0.39, 0.29) is 17.7 Å². The molecule has 0 aliphatic heterocycles. The molecular formula is C31H43N3O2. The van der Waals surface area contributed by atoms with Crippen LogP contribution in [0, 0.1) is 5.92 Å². The second-order valence-corrected chi connectivity index (χ2v) is 10.3. The van der Waals surface area contributed by atoms with Crippen LogP contribution in [0.1, 0.15) is 71.3 Å². The Balaban J connectivity index is 1.58. The molecular weight excluding hydrogens is 446 g/mol. The molecule has 1 unspecified atom stereocenters. The minimum atomic E-state index is 0.110. The molecule has 3 aromatic rings. The van der Waals surface area contributed by atoms with Gasteiger partial charge in [-0.2, -0.15) is 0 Å². The minimum Gasteiger partial charge on any atom is -0.354 e. The van der Waals surface area contributed by atoms with E-state index in [1.165, 1.54) is 22.2 Å². The molecule has 0 bridgehead atoms. The van der Waals surface area contributed by atoms with Crippen molar-refractivity contribution in [2.75, 3.05) is 13.1 Å². The molecule has 0 saturated carbocycles. The number of benzene rings is 2. The fourth-order valence-electron chi connectivity index (χ4n) is 4.69. The number of unbranched alkanes of at least 4 members (excludes halogenated alkanes) is 2. The van der Waals surface area contributed by atoms with Crippen molar-refractivity contribution < 1.29 is 9.59 Å². The van der Waals surface area contributed by atoms with Crippen LogP contribution in [0.25, 0.3) is 22.2 Å². The monoisotopic (exact) mass is 489 g/mol. The minimum absolute atomic E-state index is 0.110. The van der Waals surface area contributed by atoms with Gasteiger partial charge < -0.3 is 20.4 Å². The summed E-state index contributed by atoms with van der Waals surface area (Å²) < 4.78 is 0. The molecule has 36 heavy (non-hydrogen) atoms. The maximum absolute atomic E-state index is 12.5. The van der Waals surface area contributed by atoms with Gasteiger partial charge in [-0.1, -0.05) is 75.2 Å². The van der Waals surface area contributed by atoms with Crippen LogP contribution >= 0.6 is 0 Å². The number of rotatable bonds is 16. The predicted molar refractivity (Wildman–Crippen MR) is 150 cm³/mol. The van der Waals surface area contributed by atoms with E-state index in [1.54, 1.807) is 6.92 Å². The topological polar surface area (TPSA) is 74.0 Å². The van der Waals surface area contributed by atoms with Crippen LogP contribution in [0.4, 0.5) is 0 Å². The number of para-hydroxylation sites is 1. The fourth-order valence-corrected chi connectivity index (χ4v) is 4.69. The Kier molecular flexibility index (Phi) is 11.2. The number of hydrogen-bond donors (Lipinski definition) is 3. The lowest BCUT2D eigenvalue weighted by Gasteiger charge is -2.20. The summed E-state index contributed by atoms with van der Waals surface area (Å²) in [5, 5.41) is 8.14. The maximum atomic E-state index is 12.5. The largest absolute Gasteiger partial charge is 0.354 e. The Hall–Kier alpha value is -2.92. The Morgan fingerprint density at radius 2 is 1.64 bits per heavy atom. The molecule has 0 fully saturated rings. The number of carbonyl (C=O) groups is 2. The van der Waals surface area contributed by atoms with Gasteiger partial charge in [-0.3, -0.25) is 4.79 Å². The van der Waals surface area contributed by atoms with Gasteiger partial charge in [0.15, 0.2) is 0 Å². The molecule has 3 rings (SSSR count). The molecule has 194 valence electrons. The van der Waals surface area contributed by atoms with Crippen LogP contribution in [0.2, 0.25) is 0 Å². The normalized spacial score (nSPS) is 12.2. The highest BCUT2D eigenvalue weighted by Crippen LogP contribution is 2.30. The molecule has 2 aromatic carbocycles.